The number of amides is 1. The molecule has 0 aliphatic carbocycles. The Morgan fingerprint density at radius 3 is 2.61 bits per heavy atom. The van der Waals surface area contributed by atoms with E-state index in [4.69, 9.17) is 9.97 Å². The van der Waals surface area contributed by atoms with Crippen LogP contribution in [0.2, 0.25) is 0 Å². The molecule has 0 spiro atoms. The molecule has 7 nitrogen and oxygen atoms in total. The summed E-state index contributed by atoms with van der Waals surface area (Å²) < 4.78 is 13.1. The summed E-state index contributed by atoms with van der Waals surface area (Å²) in [6, 6.07) is 19.7. The van der Waals surface area contributed by atoms with E-state index in [0.717, 1.165) is 53.4 Å². The number of fused-ring (bicyclic) bond motifs is 1. The summed E-state index contributed by atoms with van der Waals surface area (Å²) in [4.78, 5) is 24.4. The number of nitrogens with zero attached hydrogens (tertiary/aromatic N) is 3. The number of carbonyl (C=O) groups excluding carboxylic acids is 1. The van der Waals surface area contributed by atoms with Crippen LogP contribution < -0.4 is 20.9 Å². The van der Waals surface area contributed by atoms with Gasteiger partial charge in [-0.25, -0.2) is 9.37 Å². The van der Waals surface area contributed by atoms with Crippen LogP contribution in [0, 0.1) is 12.7 Å². The van der Waals surface area contributed by atoms with Crippen molar-refractivity contribution in [3.63, 3.8) is 0 Å². The number of rotatable bonds is 6. The molecule has 2 heterocycles. The van der Waals surface area contributed by atoms with Gasteiger partial charge in [0.05, 0.1) is 5.52 Å². The van der Waals surface area contributed by atoms with Crippen molar-refractivity contribution in [1.82, 2.24) is 15.3 Å². The second-order valence-corrected chi connectivity index (χ2v) is 9.21. The molecule has 8 heteroatoms. The minimum absolute atomic E-state index is 0.279. The van der Waals surface area contributed by atoms with Crippen molar-refractivity contribution in [3.8, 4) is 0 Å². The number of nitrogens with one attached hydrogen (secondary N) is 3. The van der Waals surface area contributed by atoms with E-state index < -0.39 is 0 Å². The SMILES string of the molecule is Cc1ccc2c(NCc3ccc(NC(=O)c4ccc(F)cc4)cc3)nc(N3CCN[C@H](C)C3)nc2c1. The first-order chi connectivity index (χ1) is 17.4. The summed E-state index contributed by atoms with van der Waals surface area (Å²) in [5, 5.41) is 10.8. The number of anilines is 3. The molecule has 4 aromatic rings. The van der Waals surface area contributed by atoms with E-state index in [0.29, 0.717) is 23.8 Å². The quantitative estimate of drug-likeness (QED) is 0.367. The monoisotopic (exact) mass is 484 g/mol. The maximum atomic E-state index is 13.1. The lowest BCUT2D eigenvalue weighted by molar-refractivity contribution is 0.102. The molecular formula is C28H29FN6O. The lowest BCUT2D eigenvalue weighted by atomic mass is 10.1. The second-order valence-electron chi connectivity index (χ2n) is 9.21. The van der Waals surface area contributed by atoms with Crippen LogP contribution in [0.4, 0.5) is 21.8 Å². The minimum Gasteiger partial charge on any atom is -0.365 e. The molecule has 0 radical (unpaired) electrons. The van der Waals surface area contributed by atoms with E-state index in [9.17, 15) is 9.18 Å². The molecule has 1 amide bonds. The van der Waals surface area contributed by atoms with E-state index in [-0.39, 0.29) is 11.7 Å². The number of hydrogen-bond donors (Lipinski definition) is 3. The Balaban J connectivity index is 1.31. The molecule has 3 N–H and O–H groups in total. The van der Waals surface area contributed by atoms with E-state index in [1.807, 2.05) is 24.3 Å². The highest BCUT2D eigenvalue weighted by molar-refractivity contribution is 6.04. The molecule has 0 unspecified atom stereocenters. The molecule has 0 bridgehead atoms. The van der Waals surface area contributed by atoms with E-state index in [1.54, 1.807) is 0 Å². The van der Waals surface area contributed by atoms with Crippen LogP contribution in [0.25, 0.3) is 10.9 Å². The lowest BCUT2D eigenvalue weighted by Gasteiger charge is -2.32. The summed E-state index contributed by atoms with van der Waals surface area (Å²) in [6.45, 7) is 7.45. The van der Waals surface area contributed by atoms with E-state index >= 15 is 0 Å². The Morgan fingerprint density at radius 2 is 1.86 bits per heavy atom. The molecule has 1 aromatic heterocycles. The lowest BCUT2D eigenvalue weighted by Crippen LogP contribution is -2.49. The van der Waals surface area contributed by atoms with Crippen LogP contribution in [0.15, 0.2) is 66.7 Å². The van der Waals surface area contributed by atoms with Gasteiger partial charge in [0.1, 0.15) is 11.6 Å². The van der Waals surface area contributed by atoms with Gasteiger partial charge in [-0.3, -0.25) is 4.79 Å². The van der Waals surface area contributed by atoms with E-state index in [2.05, 4.69) is 52.9 Å². The zero-order chi connectivity index (χ0) is 25.1. The van der Waals surface area contributed by atoms with Crippen molar-refractivity contribution in [2.75, 3.05) is 35.2 Å². The molecular weight excluding hydrogens is 455 g/mol. The van der Waals surface area contributed by atoms with Gasteiger partial charge in [0.25, 0.3) is 5.91 Å². The molecule has 1 atom stereocenters. The van der Waals surface area contributed by atoms with Crippen molar-refractivity contribution in [2.45, 2.75) is 26.4 Å². The van der Waals surface area contributed by atoms with Crippen LogP contribution in [0.3, 0.4) is 0 Å². The van der Waals surface area contributed by atoms with Gasteiger partial charge in [0, 0.05) is 48.9 Å². The highest BCUT2D eigenvalue weighted by Crippen LogP contribution is 2.26. The molecule has 0 saturated carbocycles. The van der Waals surface area contributed by atoms with Crippen molar-refractivity contribution in [2.24, 2.45) is 0 Å². The fraction of sp³-hybridized carbons (Fsp3) is 0.250. The van der Waals surface area contributed by atoms with Gasteiger partial charge in [-0.2, -0.15) is 4.98 Å². The van der Waals surface area contributed by atoms with Gasteiger partial charge < -0.3 is 20.9 Å². The third-order valence-electron chi connectivity index (χ3n) is 6.27. The summed E-state index contributed by atoms with van der Waals surface area (Å²) >= 11 is 0. The summed E-state index contributed by atoms with van der Waals surface area (Å²) in [6.07, 6.45) is 0. The van der Waals surface area contributed by atoms with Crippen LogP contribution in [-0.2, 0) is 6.54 Å². The fourth-order valence-corrected chi connectivity index (χ4v) is 4.31. The first-order valence-electron chi connectivity index (χ1n) is 12.1. The Labute approximate surface area is 209 Å². The Hall–Kier alpha value is -4.04. The largest absolute Gasteiger partial charge is 0.365 e. The van der Waals surface area contributed by atoms with Gasteiger partial charge in [-0.05, 0) is 73.5 Å². The number of halogens is 1. The first kappa shape index (κ1) is 23.7. The smallest absolute Gasteiger partial charge is 0.255 e. The Kier molecular flexibility index (Phi) is 6.77. The second kappa shape index (κ2) is 10.3. The predicted octanol–water partition coefficient (Wildman–Crippen LogP) is 4.74. The summed E-state index contributed by atoms with van der Waals surface area (Å²) in [5.41, 5.74) is 4.21. The van der Waals surface area contributed by atoms with Crippen LogP contribution >= 0.6 is 0 Å². The number of benzene rings is 3. The number of piperazine rings is 1. The van der Waals surface area contributed by atoms with Gasteiger partial charge >= 0.3 is 0 Å². The number of aromatic nitrogens is 2. The zero-order valence-corrected chi connectivity index (χ0v) is 20.4. The third kappa shape index (κ3) is 5.44. The molecule has 36 heavy (non-hydrogen) atoms. The number of hydrogen-bond acceptors (Lipinski definition) is 6. The molecule has 5 rings (SSSR count). The summed E-state index contributed by atoms with van der Waals surface area (Å²) in [7, 11) is 0. The Morgan fingerprint density at radius 1 is 1.08 bits per heavy atom. The number of carbonyl (C=O) groups is 1. The minimum atomic E-state index is -0.371. The molecule has 1 saturated heterocycles. The molecule has 184 valence electrons. The topological polar surface area (TPSA) is 82.2 Å². The van der Waals surface area contributed by atoms with Gasteiger partial charge in [0.2, 0.25) is 5.95 Å². The van der Waals surface area contributed by atoms with Crippen molar-refractivity contribution < 1.29 is 9.18 Å². The van der Waals surface area contributed by atoms with Gasteiger partial charge in [-0.1, -0.05) is 18.2 Å². The Bertz CT molecular complexity index is 1370. The first-order valence-corrected chi connectivity index (χ1v) is 12.1. The maximum Gasteiger partial charge on any atom is 0.255 e. The van der Waals surface area contributed by atoms with Gasteiger partial charge in [-0.15, -0.1) is 0 Å². The zero-order valence-electron chi connectivity index (χ0n) is 20.4. The van der Waals surface area contributed by atoms with Gasteiger partial charge in [0.15, 0.2) is 0 Å². The van der Waals surface area contributed by atoms with Crippen LogP contribution in [0.1, 0.15) is 28.4 Å². The van der Waals surface area contributed by atoms with E-state index in [1.165, 1.54) is 24.3 Å². The van der Waals surface area contributed by atoms with Crippen LogP contribution in [-0.4, -0.2) is 41.6 Å². The van der Waals surface area contributed by atoms with Crippen molar-refractivity contribution in [3.05, 3.63) is 89.2 Å². The predicted molar refractivity (Wildman–Crippen MR) is 142 cm³/mol. The average Bonchev–Trinajstić information content (AvgIpc) is 2.88. The molecule has 1 aliphatic heterocycles. The van der Waals surface area contributed by atoms with Crippen LogP contribution in [0.5, 0.6) is 0 Å². The van der Waals surface area contributed by atoms with Crippen molar-refractivity contribution in [1.29, 1.82) is 0 Å². The third-order valence-corrected chi connectivity index (χ3v) is 6.27. The highest BCUT2D eigenvalue weighted by Gasteiger charge is 2.20. The number of aryl methyl sites for hydroxylation is 1. The average molecular weight is 485 g/mol. The maximum absolute atomic E-state index is 13.1. The van der Waals surface area contributed by atoms with Crippen molar-refractivity contribution >= 4 is 34.3 Å². The summed E-state index contributed by atoms with van der Waals surface area (Å²) in [5.74, 6) is 0.890. The highest BCUT2D eigenvalue weighted by atomic mass is 19.1. The molecule has 3 aromatic carbocycles. The standard InChI is InChI=1S/C28H29FN6O/c1-18-3-12-24-25(15-18)33-28(35-14-13-30-19(2)17-35)34-26(24)31-16-20-4-10-23(11-5-20)32-27(36)21-6-8-22(29)9-7-21/h3-12,15,19,30H,13-14,16-17H2,1-2H3,(H,32,36)(H,31,33,34)/t19-/m1/s1. The molecule has 1 fully saturated rings. The molecule has 1 aliphatic rings. The fourth-order valence-electron chi connectivity index (χ4n) is 4.31. The normalized spacial score (nSPS) is 15.6.